The Kier molecular flexibility index (Phi) is 8.34. The van der Waals surface area contributed by atoms with E-state index in [-0.39, 0.29) is 17.4 Å². The highest BCUT2D eigenvalue weighted by molar-refractivity contribution is 6.35. The zero-order chi connectivity index (χ0) is 30.1. The van der Waals surface area contributed by atoms with E-state index < -0.39 is 0 Å². The van der Waals surface area contributed by atoms with Crippen LogP contribution in [0.5, 0.6) is 0 Å². The Morgan fingerprint density at radius 1 is 0.977 bits per heavy atom. The van der Waals surface area contributed by atoms with Gasteiger partial charge in [-0.1, -0.05) is 60.1 Å². The van der Waals surface area contributed by atoms with Gasteiger partial charge in [0.15, 0.2) is 0 Å². The molecular weight excluding hydrogens is 556 g/mol. The molecule has 1 saturated carbocycles. The molecule has 6 rings (SSSR count). The van der Waals surface area contributed by atoms with Gasteiger partial charge in [-0.25, -0.2) is 0 Å². The van der Waals surface area contributed by atoms with Crippen molar-refractivity contribution in [3.63, 3.8) is 0 Å². The average Bonchev–Trinajstić information content (AvgIpc) is 3.59. The van der Waals surface area contributed by atoms with Gasteiger partial charge in [-0.15, -0.1) is 0 Å². The molecule has 2 amide bonds. The van der Waals surface area contributed by atoms with Gasteiger partial charge in [0, 0.05) is 44.0 Å². The fourth-order valence-corrected chi connectivity index (χ4v) is 7.43. The van der Waals surface area contributed by atoms with Crippen LogP contribution in [-0.4, -0.2) is 53.9 Å². The maximum Gasteiger partial charge on any atom is 0.260 e. The molecule has 1 aromatic heterocycles. The number of hydrogen-bond acceptors (Lipinski definition) is 3. The Morgan fingerprint density at radius 3 is 2.47 bits per heavy atom. The van der Waals surface area contributed by atoms with Crippen LogP contribution in [0.25, 0.3) is 10.9 Å². The SMILES string of the molecule is CN(CCC1CCC(c2ccccc2)(N(C)C)CC1)C(=O)CCn1ccc2ccc(N3Cc4cccc(Cl)c4C3=O)cc21. The molecule has 3 aromatic carbocycles. The Balaban J connectivity index is 1.03. The van der Waals surface area contributed by atoms with Gasteiger partial charge in [0.25, 0.3) is 5.91 Å². The van der Waals surface area contributed by atoms with E-state index in [0.717, 1.165) is 48.0 Å². The van der Waals surface area contributed by atoms with E-state index in [2.05, 4.69) is 60.0 Å². The van der Waals surface area contributed by atoms with Gasteiger partial charge in [0.1, 0.15) is 0 Å². The number of benzene rings is 3. The molecule has 1 aliphatic carbocycles. The second kappa shape index (κ2) is 12.2. The normalized spacial score (nSPS) is 20.2. The van der Waals surface area contributed by atoms with Crippen LogP contribution < -0.4 is 4.90 Å². The first-order valence-corrected chi connectivity index (χ1v) is 15.8. The summed E-state index contributed by atoms with van der Waals surface area (Å²) < 4.78 is 2.12. The lowest BCUT2D eigenvalue weighted by molar-refractivity contribution is -0.130. The van der Waals surface area contributed by atoms with Crippen LogP contribution >= 0.6 is 11.6 Å². The number of carbonyl (C=O) groups is 2. The van der Waals surface area contributed by atoms with Crippen LogP contribution in [0.1, 0.15) is 60.0 Å². The summed E-state index contributed by atoms with van der Waals surface area (Å²) in [5.74, 6) is 0.744. The Labute approximate surface area is 259 Å². The molecule has 0 saturated heterocycles. The molecule has 4 aromatic rings. The lowest BCUT2D eigenvalue weighted by Crippen LogP contribution is -2.44. The lowest BCUT2D eigenvalue weighted by atomic mass is 9.71. The molecule has 2 heterocycles. The lowest BCUT2D eigenvalue weighted by Gasteiger charge is -2.46. The minimum atomic E-state index is -0.0692. The zero-order valence-electron chi connectivity index (χ0n) is 25.4. The molecule has 1 fully saturated rings. The number of nitrogens with zero attached hydrogens (tertiary/aromatic N) is 4. The van der Waals surface area contributed by atoms with Crippen LogP contribution in [0.2, 0.25) is 5.02 Å². The summed E-state index contributed by atoms with van der Waals surface area (Å²) in [4.78, 5) is 32.4. The molecule has 0 N–H and O–H groups in total. The number of halogens is 1. The number of rotatable bonds is 9. The van der Waals surface area contributed by atoms with Crippen molar-refractivity contribution in [3.05, 3.63) is 101 Å². The first-order chi connectivity index (χ1) is 20.8. The number of fused-ring (bicyclic) bond motifs is 2. The van der Waals surface area contributed by atoms with Crippen molar-refractivity contribution in [3.8, 4) is 0 Å². The molecular formula is C36H41ClN4O2. The highest BCUT2D eigenvalue weighted by Crippen LogP contribution is 2.44. The first-order valence-electron chi connectivity index (χ1n) is 15.4. The smallest absolute Gasteiger partial charge is 0.260 e. The van der Waals surface area contributed by atoms with Crippen molar-refractivity contribution in [1.82, 2.24) is 14.4 Å². The van der Waals surface area contributed by atoms with E-state index in [1.165, 1.54) is 18.4 Å². The van der Waals surface area contributed by atoms with Crippen LogP contribution in [0.3, 0.4) is 0 Å². The third-order valence-corrected chi connectivity index (χ3v) is 10.2. The van der Waals surface area contributed by atoms with Gasteiger partial charge in [0.05, 0.1) is 22.6 Å². The monoisotopic (exact) mass is 596 g/mol. The van der Waals surface area contributed by atoms with Crippen molar-refractivity contribution in [2.75, 3.05) is 32.6 Å². The molecule has 224 valence electrons. The Morgan fingerprint density at radius 2 is 1.74 bits per heavy atom. The molecule has 0 spiro atoms. The third kappa shape index (κ3) is 5.71. The highest BCUT2D eigenvalue weighted by Gasteiger charge is 2.38. The number of aryl methyl sites for hydroxylation is 1. The number of hydrogen-bond donors (Lipinski definition) is 0. The standard InChI is InChI=1S/C36H41ClN4O2/c1-38(2)36(29-9-5-4-6-10-29)19-14-26(15-20-36)16-21-39(3)33(42)18-23-40-22-17-27-12-13-30(24-32(27)40)41-25-28-8-7-11-31(37)34(28)35(41)43/h4-13,17,22,24,26H,14-16,18-21,23,25H2,1-3H3. The largest absolute Gasteiger partial charge is 0.347 e. The molecule has 0 atom stereocenters. The van der Waals surface area contributed by atoms with Crippen molar-refractivity contribution in [2.24, 2.45) is 5.92 Å². The van der Waals surface area contributed by atoms with Gasteiger partial charge in [-0.3, -0.25) is 14.5 Å². The fourth-order valence-electron chi connectivity index (χ4n) is 7.16. The Bertz CT molecular complexity index is 1620. The fraction of sp³-hybridized carbons (Fsp3) is 0.389. The molecule has 2 aliphatic rings. The van der Waals surface area contributed by atoms with E-state index in [1.807, 2.05) is 48.5 Å². The molecule has 1 aliphatic heterocycles. The van der Waals surface area contributed by atoms with Gasteiger partial charge < -0.3 is 14.4 Å². The minimum absolute atomic E-state index is 0.0692. The molecule has 0 unspecified atom stereocenters. The molecule has 0 radical (unpaired) electrons. The van der Waals surface area contributed by atoms with E-state index in [0.29, 0.717) is 36.0 Å². The maximum absolute atomic E-state index is 13.2. The zero-order valence-corrected chi connectivity index (χ0v) is 26.2. The van der Waals surface area contributed by atoms with Crippen molar-refractivity contribution in [2.45, 2.75) is 57.2 Å². The van der Waals surface area contributed by atoms with Gasteiger partial charge in [0.2, 0.25) is 5.91 Å². The summed E-state index contributed by atoms with van der Waals surface area (Å²) in [5.41, 5.74) is 4.92. The van der Waals surface area contributed by atoms with Crippen LogP contribution in [0, 0.1) is 5.92 Å². The molecule has 43 heavy (non-hydrogen) atoms. The van der Waals surface area contributed by atoms with Crippen molar-refractivity contribution >= 4 is 40.0 Å². The number of aromatic nitrogens is 1. The molecule has 7 heteroatoms. The van der Waals surface area contributed by atoms with Gasteiger partial charge in [-0.05, 0) is 92.9 Å². The van der Waals surface area contributed by atoms with Crippen LogP contribution in [0.15, 0.2) is 79.0 Å². The van der Waals surface area contributed by atoms with Gasteiger partial charge >= 0.3 is 0 Å². The number of anilines is 1. The van der Waals surface area contributed by atoms with Crippen LogP contribution in [0.4, 0.5) is 5.69 Å². The van der Waals surface area contributed by atoms with E-state index >= 15 is 0 Å². The predicted molar refractivity (Wildman–Crippen MR) is 175 cm³/mol. The minimum Gasteiger partial charge on any atom is -0.347 e. The topological polar surface area (TPSA) is 48.8 Å². The second-order valence-corrected chi connectivity index (χ2v) is 12.9. The summed E-state index contributed by atoms with van der Waals surface area (Å²) in [6.45, 7) is 1.90. The summed E-state index contributed by atoms with van der Waals surface area (Å²) in [5, 5.41) is 1.59. The van der Waals surface area contributed by atoms with Crippen molar-refractivity contribution < 1.29 is 9.59 Å². The number of carbonyl (C=O) groups excluding carboxylic acids is 2. The number of amides is 2. The third-order valence-electron chi connectivity index (χ3n) is 9.92. The predicted octanol–water partition coefficient (Wildman–Crippen LogP) is 7.34. The molecule has 6 nitrogen and oxygen atoms in total. The average molecular weight is 597 g/mol. The molecule has 0 bridgehead atoms. The summed E-state index contributed by atoms with van der Waals surface area (Å²) in [6, 6.07) is 24.7. The first kappa shape index (κ1) is 29.5. The summed E-state index contributed by atoms with van der Waals surface area (Å²) in [6.07, 6.45) is 8.19. The maximum atomic E-state index is 13.2. The van der Waals surface area contributed by atoms with E-state index in [4.69, 9.17) is 11.6 Å². The van der Waals surface area contributed by atoms with Gasteiger partial charge in [-0.2, -0.15) is 0 Å². The Hall–Kier alpha value is -3.61. The second-order valence-electron chi connectivity index (χ2n) is 12.5. The summed E-state index contributed by atoms with van der Waals surface area (Å²) in [7, 11) is 6.35. The van der Waals surface area contributed by atoms with Crippen molar-refractivity contribution in [1.29, 1.82) is 0 Å². The van der Waals surface area contributed by atoms with E-state index in [9.17, 15) is 9.59 Å². The quantitative estimate of drug-likeness (QED) is 0.203. The highest BCUT2D eigenvalue weighted by atomic mass is 35.5. The van der Waals surface area contributed by atoms with E-state index in [1.54, 1.807) is 11.0 Å². The summed E-state index contributed by atoms with van der Waals surface area (Å²) >= 11 is 6.34. The van der Waals surface area contributed by atoms with Crippen LogP contribution in [-0.2, 0) is 23.4 Å².